The SMILES string of the molecule is CC1CN(C2(C)CCC2)C(c2ccccc2)CN1. The molecule has 98 valence electrons. The number of benzene rings is 1. The van der Waals surface area contributed by atoms with Crippen molar-refractivity contribution in [3.8, 4) is 0 Å². The Labute approximate surface area is 110 Å². The normalized spacial score (nSPS) is 31.9. The molecule has 2 unspecified atom stereocenters. The summed E-state index contributed by atoms with van der Waals surface area (Å²) in [6.45, 7) is 7.01. The lowest BCUT2D eigenvalue weighted by atomic mass is 9.75. The summed E-state index contributed by atoms with van der Waals surface area (Å²) in [6.07, 6.45) is 4.13. The van der Waals surface area contributed by atoms with Gasteiger partial charge in [-0.1, -0.05) is 30.3 Å². The van der Waals surface area contributed by atoms with Crippen LogP contribution in [0, 0.1) is 0 Å². The van der Waals surface area contributed by atoms with Crippen LogP contribution < -0.4 is 5.32 Å². The van der Waals surface area contributed by atoms with Crippen LogP contribution in [0.15, 0.2) is 30.3 Å². The van der Waals surface area contributed by atoms with Crippen molar-refractivity contribution in [1.29, 1.82) is 0 Å². The topological polar surface area (TPSA) is 15.3 Å². The van der Waals surface area contributed by atoms with E-state index in [1.165, 1.54) is 31.4 Å². The Bertz CT molecular complexity index is 397. The molecule has 1 N–H and O–H groups in total. The fourth-order valence-electron chi connectivity index (χ4n) is 3.46. The van der Waals surface area contributed by atoms with E-state index in [2.05, 4.69) is 54.4 Å². The highest BCUT2D eigenvalue weighted by atomic mass is 15.3. The van der Waals surface area contributed by atoms with Gasteiger partial charge in [0.1, 0.15) is 0 Å². The van der Waals surface area contributed by atoms with Crippen molar-refractivity contribution in [2.24, 2.45) is 0 Å². The minimum Gasteiger partial charge on any atom is -0.311 e. The molecule has 1 saturated heterocycles. The van der Waals surface area contributed by atoms with E-state index < -0.39 is 0 Å². The highest BCUT2D eigenvalue weighted by Crippen LogP contribution is 2.42. The molecule has 1 heterocycles. The van der Waals surface area contributed by atoms with Crippen LogP contribution in [0.3, 0.4) is 0 Å². The van der Waals surface area contributed by atoms with Crippen LogP contribution in [0.2, 0.25) is 0 Å². The van der Waals surface area contributed by atoms with Gasteiger partial charge in [-0.15, -0.1) is 0 Å². The summed E-state index contributed by atoms with van der Waals surface area (Å²) >= 11 is 0. The van der Waals surface area contributed by atoms with Crippen LogP contribution in [-0.4, -0.2) is 29.6 Å². The number of rotatable bonds is 2. The third-order valence-electron chi connectivity index (χ3n) is 4.81. The number of nitrogens with one attached hydrogen (secondary N) is 1. The van der Waals surface area contributed by atoms with Gasteiger partial charge < -0.3 is 5.32 Å². The summed E-state index contributed by atoms with van der Waals surface area (Å²) in [5.41, 5.74) is 1.90. The van der Waals surface area contributed by atoms with E-state index in [1.807, 2.05) is 0 Å². The molecule has 0 bridgehead atoms. The molecule has 1 aromatic carbocycles. The van der Waals surface area contributed by atoms with E-state index in [9.17, 15) is 0 Å². The van der Waals surface area contributed by atoms with Crippen molar-refractivity contribution < 1.29 is 0 Å². The van der Waals surface area contributed by atoms with E-state index >= 15 is 0 Å². The van der Waals surface area contributed by atoms with Crippen molar-refractivity contribution in [2.75, 3.05) is 13.1 Å². The van der Waals surface area contributed by atoms with Crippen LogP contribution >= 0.6 is 0 Å². The van der Waals surface area contributed by atoms with Crippen LogP contribution in [0.4, 0.5) is 0 Å². The Balaban J connectivity index is 1.86. The number of piperazine rings is 1. The molecule has 2 atom stereocenters. The Morgan fingerprint density at radius 2 is 1.94 bits per heavy atom. The maximum Gasteiger partial charge on any atom is 0.0478 e. The largest absolute Gasteiger partial charge is 0.311 e. The van der Waals surface area contributed by atoms with Gasteiger partial charge >= 0.3 is 0 Å². The van der Waals surface area contributed by atoms with E-state index in [4.69, 9.17) is 0 Å². The van der Waals surface area contributed by atoms with Gasteiger partial charge in [-0.2, -0.15) is 0 Å². The minimum atomic E-state index is 0.441. The van der Waals surface area contributed by atoms with Gasteiger partial charge in [-0.05, 0) is 38.7 Å². The maximum atomic E-state index is 3.64. The van der Waals surface area contributed by atoms with Crippen LogP contribution in [0.5, 0.6) is 0 Å². The molecule has 0 spiro atoms. The van der Waals surface area contributed by atoms with Crippen molar-refractivity contribution in [1.82, 2.24) is 10.2 Å². The first-order chi connectivity index (χ1) is 8.69. The fourth-order valence-corrected chi connectivity index (χ4v) is 3.46. The highest BCUT2D eigenvalue weighted by molar-refractivity contribution is 5.21. The van der Waals surface area contributed by atoms with Gasteiger partial charge in [0.15, 0.2) is 0 Å². The molecule has 2 aliphatic rings. The van der Waals surface area contributed by atoms with Gasteiger partial charge in [0.05, 0.1) is 0 Å². The smallest absolute Gasteiger partial charge is 0.0478 e. The lowest BCUT2D eigenvalue weighted by Crippen LogP contribution is -2.61. The number of nitrogens with zero attached hydrogens (tertiary/aromatic N) is 1. The Morgan fingerprint density at radius 1 is 1.22 bits per heavy atom. The standard InChI is InChI=1S/C16H24N2/c1-13-12-18(16(2)9-6-10-16)15(11-17-13)14-7-4-3-5-8-14/h3-5,7-8,13,15,17H,6,9-12H2,1-2H3. The molecule has 1 saturated carbocycles. The van der Waals surface area contributed by atoms with Gasteiger partial charge in [-0.25, -0.2) is 0 Å². The van der Waals surface area contributed by atoms with E-state index in [0.717, 1.165) is 6.54 Å². The first-order valence-corrected chi connectivity index (χ1v) is 7.24. The van der Waals surface area contributed by atoms with Crippen LogP contribution in [-0.2, 0) is 0 Å². The molecule has 0 amide bonds. The molecule has 1 aliphatic carbocycles. The van der Waals surface area contributed by atoms with Crippen molar-refractivity contribution in [3.05, 3.63) is 35.9 Å². The van der Waals surface area contributed by atoms with Crippen molar-refractivity contribution in [2.45, 2.75) is 50.7 Å². The summed E-state index contributed by atoms with van der Waals surface area (Å²) in [5, 5.41) is 3.64. The van der Waals surface area contributed by atoms with Crippen LogP contribution in [0.1, 0.15) is 44.7 Å². The number of hydrogen-bond donors (Lipinski definition) is 1. The monoisotopic (exact) mass is 244 g/mol. The Kier molecular flexibility index (Phi) is 3.16. The Hall–Kier alpha value is -0.860. The van der Waals surface area contributed by atoms with Gasteiger partial charge in [0, 0.05) is 30.7 Å². The third-order valence-corrected chi connectivity index (χ3v) is 4.81. The molecule has 0 radical (unpaired) electrons. The van der Waals surface area contributed by atoms with Gasteiger partial charge in [-0.3, -0.25) is 4.90 Å². The fraction of sp³-hybridized carbons (Fsp3) is 0.625. The lowest BCUT2D eigenvalue weighted by molar-refractivity contribution is -0.0276. The predicted octanol–water partition coefficient (Wildman–Crippen LogP) is 2.96. The molecule has 2 heteroatoms. The average Bonchev–Trinajstić information content (AvgIpc) is 2.37. The maximum absolute atomic E-state index is 3.64. The predicted molar refractivity (Wildman–Crippen MR) is 75.6 cm³/mol. The minimum absolute atomic E-state index is 0.441. The van der Waals surface area contributed by atoms with E-state index in [-0.39, 0.29) is 0 Å². The zero-order chi connectivity index (χ0) is 12.6. The summed E-state index contributed by atoms with van der Waals surface area (Å²) < 4.78 is 0. The first kappa shape index (κ1) is 12.2. The van der Waals surface area contributed by atoms with Crippen molar-refractivity contribution >= 4 is 0 Å². The molecule has 2 fully saturated rings. The molecular weight excluding hydrogens is 220 g/mol. The van der Waals surface area contributed by atoms with Gasteiger partial charge in [0.25, 0.3) is 0 Å². The van der Waals surface area contributed by atoms with E-state index in [1.54, 1.807) is 0 Å². The van der Waals surface area contributed by atoms with Crippen LogP contribution in [0.25, 0.3) is 0 Å². The second kappa shape index (κ2) is 4.67. The number of hydrogen-bond acceptors (Lipinski definition) is 2. The zero-order valence-electron chi connectivity index (χ0n) is 11.5. The quantitative estimate of drug-likeness (QED) is 0.860. The lowest BCUT2D eigenvalue weighted by Gasteiger charge is -2.54. The second-order valence-corrected chi connectivity index (χ2v) is 6.24. The third kappa shape index (κ3) is 2.08. The summed E-state index contributed by atoms with van der Waals surface area (Å²) in [7, 11) is 0. The second-order valence-electron chi connectivity index (χ2n) is 6.24. The summed E-state index contributed by atoms with van der Waals surface area (Å²) in [6, 6.07) is 12.1. The van der Waals surface area contributed by atoms with Crippen molar-refractivity contribution in [3.63, 3.8) is 0 Å². The van der Waals surface area contributed by atoms with Gasteiger partial charge in [0.2, 0.25) is 0 Å². The zero-order valence-corrected chi connectivity index (χ0v) is 11.5. The molecular formula is C16H24N2. The molecule has 0 aromatic heterocycles. The molecule has 1 aromatic rings. The molecule has 1 aliphatic heterocycles. The summed E-state index contributed by atoms with van der Waals surface area (Å²) in [5.74, 6) is 0. The average molecular weight is 244 g/mol. The highest BCUT2D eigenvalue weighted by Gasteiger charge is 2.43. The molecule has 2 nitrogen and oxygen atoms in total. The first-order valence-electron chi connectivity index (χ1n) is 7.24. The Morgan fingerprint density at radius 3 is 2.56 bits per heavy atom. The summed E-state index contributed by atoms with van der Waals surface area (Å²) in [4.78, 5) is 2.76. The molecule has 3 rings (SSSR count). The van der Waals surface area contributed by atoms with E-state index in [0.29, 0.717) is 17.6 Å². The molecule has 18 heavy (non-hydrogen) atoms.